The fourth-order valence-corrected chi connectivity index (χ4v) is 4.08. The molecule has 3 aromatic heterocycles. The van der Waals surface area contributed by atoms with Crippen molar-refractivity contribution >= 4 is 27.9 Å². The Morgan fingerprint density at radius 1 is 1.15 bits per heavy atom. The average Bonchev–Trinajstić information content (AvgIpc) is 3.38. The average molecular weight is 456 g/mol. The zero-order chi connectivity index (χ0) is 23.1. The van der Waals surface area contributed by atoms with Crippen molar-refractivity contribution in [2.45, 2.75) is 6.10 Å². The number of H-pyrrole nitrogens is 1. The molecule has 0 unspecified atom stereocenters. The van der Waals surface area contributed by atoms with E-state index in [1.165, 1.54) is 4.57 Å². The zero-order valence-corrected chi connectivity index (χ0v) is 18.2. The monoisotopic (exact) mass is 456 g/mol. The molecule has 0 saturated heterocycles. The Kier molecular flexibility index (Phi) is 4.76. The molecule has 1 aliphatic rings. The Bertz CT molecular complexity index is 1580. The highest BCUT2D eigenvalue weighted by molar-refractivity contribution is 6.02. The molecule has 1 aliphatic heterocycles. The van der Waals surface area contributed by atoms with E-state index in [1.807, 2.05) is 42.5 Å². The highest BCUT2D eigenvalue weighted by Crippen LogP contribution is 2.31. The van der Waals surface area contributed by atoms with Crippen molar-refractivity contribution in [3.8, 4) is 22.9 Å². The van der Waals surface area contributed by atoms with E-state index in [-0.39, 0.29) is 11.7 Å². The third-order valence-electron chi connectivity index (χ3n) is 5.69. The molecule has 0 amide bonds. The van der Waals surface area contributed by atoms with Crippen LogP contribution in [0.4, 0.5) is 5.95 Å². The van der Waals surface area contributed by atoms with Crippen LogP contribution in [0, 0.1) is 0 Å². The lowest BCUT2D eigenvalue weighted by Crippen LogP contribution is -2.35. The van der Waals surface area contributed by atoms with Crippen LogP contribution in [0.2, 0.25) is 0 Å². The number of nitrogens with zero attached hydrogens (tertiary/aromatic N) is 4. The minimum atomic E-state index is -0.258. The molecule has 0 spiro atoms. The number of aromatic nitrogens is 5. The van der Waals surface area contributed by atoms with Gasteiger partial charge in [0.05, 0.1) is 30.1 Å². The third-order valence-corrected chi connectivity index (χ3v) is 5.69. The number of methoxy groups -OCH3 is 1. The normalized spacial score (nSPS) is 14.9. The van der Waals surface area contributed by atoms with Gasteiger partial charge < -0.3 is 19.5 Å². The first-order chi connectivity index (χ1) is 16.7. The molecule has 170 valence electrons. The Labute approximate surface area is 193 Å². The van der Waals surface area contributed by atoms with E-state index >= 15 is 0 Å². The van der Waals surface area contributed by atoms with Gasteiger partial charge in [0, 0.05) is 12.4 Å². The summed E-state index contributed by atoms with van der Waals surface area (Å²) in [6.07, 6.45) is 3.01. The maximum atomic E-state index is 13.4. The molecule has 10 heteroatoms. The molecule has 0 radical (unpaired) electrons. The van der Waals surface area contributed by atoms with Gasteiger partial charge in [0.2, 0.25) is 5.95 Å². The number of hydrogen-bond donors (Lipinski definition) is 2. The van der Waals surface area contributed by atoms with Crippen molar-refractivity contribution in [3.63, 3.8) is 0 Å². The smallest absolute Gasteiger partial charge is 0.268 e. The summed E-state index contributed by atoms with van der Waals surface area (Å²) in [5, 5.41) is 11.3. The highest BCUT2D eigenvalue weighted by Gasteiger charge is 2.22. The first-order valence-corrected chi connectivity index (χ1v) is 10.7. The fraction of sp³-hybridized carbons (Fsp3) is 0.167. The second kappa shape index (κ2) is 8.07. The number of ether oxygens (including phenoxy) is 3. The minimum absolute atomic E-state index is 0.223. The van der Waals surface area contributed by atoms with Crippen LogP contribution < -0.4 is 25.1 Å². The van der Waals surface area contributed by atoms with Crippen molar-refractivity contribution < 1.29 is 14.2 Å². The number of benzene rings is 2. The summed E-state index contributed by atoms with van der Waals surface area (Å²) in [5.41, 5.74) is 1.25. The van der Waals surface area contributed by atoms with E-state index in [1.54, 1.807) is 25.6 Å². The van der Waals surface area contributed by atoms with Crippen LogP contribution in [0.25, 0.3) is 27.6 Å². The van der Waals surface area contributed by atoms with Gasteiger partial charge in [0.25, 0.3) is 5.56 Å². The summed E-state index contributed by atoms with van der Waals surface area (Å²) >= 11 is 0. The van der Waals surface area contributed by atoms with Gasteiger partial charge in [-0.25, -0.2) is 4.98 Å². The summed E-state index contributed by atoms with van der Waals surface area (Å²) in [4.78, 5) is 22.6. The first kappa shape index (κ1) is 20.0. The fourth-order valence-electron chi connectivity index (χ4n) is 4.08. The molecule has 10 nitrogen and oxygen atoms in total. The van der Waals surface area contributed by atoms with Gasteiger partial charge in [-0.15, -0.1) is 0 Å². The minimum Gasteiger partial charge on any atom is -0.495 e. The third kappa shape index (κ3) is 3.27. The van der Waals surface area contributed by atoms with E-state index < -0.39 is 0 Å². The molecule has 6 rings (SSSR count). The Morgan fingerprint density at radius 2 is 1.97 bits per heavy atom. The topological polar surface area (TPSA) is 116 Å². The largest absolute Gasteiger partial charge is 0.495 e. The maximum Gasteiger partial charge on any atom is 0.268 e. The lowest BCUT2D eigenvalue weighted by molar-refractivity contribution is 0.0996. The number of fused-ring (bicyclic) bond motifs is 4. The molecule has 5 aromatic rings. The number of para-hydroxylation sites is 4. The van der Waals surface area contributed by atoms with Crippen LogP contribution in [-0.4, -0.2) is 51.1 Å². The van der Waals surface area contributed by atoms with Crippen molar-refractivity contribution in [1.82, 2.24) is 24.7 Å². The molecule has 0 fully saturated rings. The second-order valence-electron chi connectivity index (χ2n) is 7.77. The maximum absolute atomic E-state index is 13.4. The van der Waals surface area contributed by atoms with Crippen molar-refractivity contribution in [2.75, 3.05) is 25.6 Å². The van der Waals surface area contributed by atoms with Crippen molar-refractivity contribution in [3.05, 3.63) is 71.3 Å². The standard InChI is InChI=1S/C24H20N6O4/c1-32-18-7-3-2-6-17(18)30-22-15(21-16(23(30)31)12-27-29-21)11-26-24(28-22)25-10-14-13-33-19-8-4-5-9-20(19)34-14/h2-9,11-12,14H,10,13H2,1H3,(H,27,29)(H,25,26,28)/t14-/m0/s1. The summed E-state index contributed by atoms with van der Waals surface area (Å²) in [6, 6.07) is 14.8. The molecule has 1 atom stereocenters. The molecule has 0 saturated carbocycles. The van der Waals surface area contributed by atoms with Gasteiger partial charge in [-0.3, -0.25) is 14.5 Å². The number of anilines is 1. The molecule has 2 aromatic carbocycles. The number of pyridine rings is 1. The van der Waals surface area contributed by atoms with Crippen LogP contribution in [-0.2, 0) is 0 Å². The highest BCUT2D eigenvalue weighted by atomic mass is 16.6. The molecule has 0 bridgehead atoms. The zero-order valence-electron chi connectivity index (χ0n) is 18.2. The molecule has 0 aliphatic carbocycles. The summed E-state index contributed by atoms with van der Waals surface area (Å²) < 4.78 is 18.8. The predicted octanol–water partition coefficient (Wildman–Crippen LogP) is 2.92. The van der Waals surface area contributed by atoms with Crippen LogP contribution in [0.3, 0.4) is 0 Å². The van der Waals surface area contributed by atoms with Crippen LogP contribution in [0.15, 0.2) is 65.7 Å². The van der Waals surface area contributed by atoms with Gasteiger partial charge >= 0.3 is 0 Å². The Hall–Kier alpha value is -4.60. The Balaban J connectivity index is 1.40. The van der Waals surface area contributed by atoms with Gasteiger partial charge in [0.15, 0.2) is 17.1 Å². The van der Waals surface area contributed by atoms with Crippen LogP contribution in [0.5, 0.6) is 17.2 Å². The molecule has 34 heavy (non-hydrogen) atoms. The number of nitrogens with one attached hydrogen (secondary N) is 2. The number of aromatic amines is 1. The van der Waals surface area contributed by atoms with E-state index in [2.05, 4.69) is 25.5 Å². The van der Waals surface area contributed by atoms with Gasteiger partial charge in [-0.1, -0.05) is 24.3 Å². The van der Waals surface area contributed by atoms with E-state index in [0.717, 1.165) is 5.75 Å². The lowest BCUT2D eigenvalue weighted by Gasteiger charge is -2.26. The number of hydrogen-bond acceptors (Lipinski definition) is 8. The second-order valence-corrected chi connectivity index (χ2v) is 7.77. The van der Waals surface area contributed by atoms with E-state index in [9.17, 15) is 4.79 Å². The Morgan fingerprint density at radius 3 is 2.85 bits per heavy atom. The van der Waals surface area contributed by atoms with Crippen molar-refractivity contribution in [2.24, 2.45) is 0 Å². The molecular weight excluding hydrogens is 436 g/mol. The van der Waals surface area contributed by atoms with E-state index in [0.29, 0.717) is 58.2 Å². The van der Waals surface area contributed by atoms with Crippen LogP contribution in [0.1, 0.15) is 0 Å². The van der Waals surface area contributed by atoms with E-state index in [4.69, 9.17) is 14.2 Å². The predicted molar refractivity (Wildman–Crippen MR) is 126 cm³/mol. The van der Waals surface area contributed by atoms with Crippen LogP contribution >= 0.6 is 0 Å². The molecule has 2 N–H and O–H groups in total. The quantitative estimate of drug-likeness (QED) is 0.415. The molecule has 4 heterocycles. The summed E-state index contributed by atoms with van der Waals surface area (Å²) in [7, 11) is 1.56. The number of rotatable bonds is 5. The van der Waals surface area contributed by atoms with Gasteiger partial charge in [0.1, 0.15) is 24.0 Å². The first-order valence-electron chi connectivity index (χ1n) is 10.7. The summed E-state index contributed by atoms with van der Waals surface area (Å²) in [6.45, 7) is 0.820. The van der Waals surface area contributed by atoms with Gasteiger partial charge in [-0.2, -0.15) is 10.1 Å². The molecular formula is C24H20N6O4. The van der Waals surface area contributed by atoms with Gasteiger partial charge in [-0.05, 0) is 24.3 Å². The SMILES string of the molecule is COc1ccccc1-n1c(=O)c2c[nH]nc2c2cnc(NC[C@H]3COc4ccccc4O3)nc21. The lowest BCUT2D eigenvalue weighted by atomic mass is 10.2. The summed E-state index contributed by atoms with van der Waals surface area (Å²) in [5.74, 6) is 2.33. The van der Waals surface area contributed by atoms with Crippen molar-refractivity contribution in [1.29, 1.82) is 0 Å².